The first-order chi connectivity index (χ1) is 11.6. The number of carbonyl (C=O) groups excluding carboxylic acids is 2. The van der Waals surface area contributed by atoms with Gasteiger partial charge in [0.05, 0.1) is 6.04 Å². The van der Waals surface area contributed by atoms with Gasteiger partial charge in [-0.2, -0.15) is 12.6 Å². The summed E-state index contributed by atoms with van der Waals surface area (Å²) < 4.78 is 5.39. The summed E-state index contributed by atoms with van der Waals surface area (Å²) in [4.78, 5) is 23.4. The maximum absolute atomic E-state index is 12.0. The number of ether oxygens (including phenoxy) is 1. The Balaban J connectivity index is 1.74. The third kappa shape index (κ3) is 3.17. The Morgan fingerprint density at radius 3 is 2.12 bits per heavy atom. The summed E-state index contributed by atoms with van der Waals surface area (Å²) in [5.41, 5.74) is 4.67. The quantitative estimate of drug-likeness (QED) is 0.820. The van der Waals surface area contributed by atoms with Crippen LogP contribution in [0.4, 0.5) is 4.79 Å². The molecule has 1 amide bonds. The lowest BCUT2D eigenvalue weighted by molar-refractivity contribution is -0.118. The van der Waals surface area contributed by atoms with E-state index in [4.69, 9.17) is 4.74 Å². The number of carbonyl (C=O) groups is 2. The van der Waals surface area contributed by atoms with Crippen LogP contribution in [0.15, 0.2) is 48.5 Å². The molecule has 2 aromatic carbocycles. The maximum Gasteiger partial charge on any atom is 0.407 e. The van der Waals surface area contributed by atoms with Gasteiger partial charge in [-0.25, -0.2) is 4.79 Å². The van der Waals surface area contributed by atoms with E-state index in [1.807, 2.05) is 24.3 Å². The second-order valence-electron chi connectivity index (χ2n) is 5.82. The van der Waals surface area contributed by atoms with Crippen LogP contribution in [0.1, 0.15) is 24.0 Å². The number of nitrogens with one attached hydrogen (secondary N) is 1. The Kier molecular flexibility index (Phi) is 4.90. The molecule has 1 atom stereocenters. The first-order valence-electron chi connectivity index (χ1n) is 7.84. The Bertz CT molecular complexity index is 729. The Labute approximate surface area is 146 Å². The standard InChI is InChI=1S/C19H19NO3S/c1-12(21)18(11-24)20-19(22)23-10-17-15-8-4-2-6-13(15)14-7-3-5-9-16(14)17/h2-9,17-18,24H,10-11H2,1H3,(H,20,22)/t18-/m0/s1. The Morgan fingerprint density at radius 2 is 1.62 bits per heavy atom. The predicted molar refractivity (Wildman–Crippen MR) is 96.5 cm³/mol. The SMILES string of the molecule is CC(=O)[C@H](CS)NC(=O)OCC1c2ccccc2-c2ccccc21. The number of hydrogen-bond acceptors (Lipinski definition) is 4. The molecular weight excluding hydrogens is 322 g/mol. The fourth-order valence-corrected chi connectivity index (χ4v) is 3.41. The molecule has 124 valence electrons. The van der Waals surface area contributed by atoms with Crippen molar-refractivity contribution in [2.24, 2.45) is 0 Å². The van der Waals surface area contributed by atoms with Crippen LogP contribution in [-0.2, 0) is 9.53 Å². The van der Waals surface area contributed by atoms with Crippen molar-refractivity contribution < 1.29 is 14.3 Å². The minimum absolute atomic E-state index is 0.00919. The summed E-state index contributed by atoms with van der Waals surface area (Å²) in [6, 6.07) is 15.7. The number of benzene rings is 2. The first-order valence-corrected chi connectivity index (χ1v) is 8.48. The molecule has 0 heterocycles. The van der Waals surface area contributed by atoms with Crippen molar-refractivity contribution in [1.82, 2.24) is 5.32 Å². The second-order valence-corrected chi connectivity index (χ2v) is 6.18. The molecule has 4 nitrogen and oxygen atoms in total. The van der Waals surface area contributed by atoms with Gasteiger partial charge >= 0.3 is 6.09 Å². The fraction of sp³-hybridized carbons (Fsp3) is 0.263. The van der Waals surface area contributed by atoms with E-state index in [0.717, 1.165) is 11.1 Å². The number of fused-ring (bicyclic) bond motifs is 3. The van der Waals surface area contributed by atoms with Gasteiger partial charge in [0.15, 0.2) is 5.78 Å². The van der Waals surface area contributed by atoms with Gasteiger partial charge in [0.25, 0.3) is 0 Å². The monoisotopic (exact) mass is 341 g/mol. The molecule has 0 saturated heterocycles. The zero-order valence-electron chi connectivity index (χ0n) is 13.4. The zero-order chi connectivity index (χ0) is 17.1. The molecule has 2 aromatic rings. The van der Waals surface area contributed by atoms with E-state index in [1.165, 1.54) is 18.1 Å². The van der Waals surface area contributed by atoms with Crippen LogP contribution >= 0.6 is 12.6 Å². The average Bonchev–Trinajstić information content (AvgIpc) is 2.91. The summed E-state index contributed by atoms with van der Waals surface area (Å²) >= 11 is 4.07. The van der Waals surface area contributed by atoms with E-state index in [2.05, 4.69) is 42.2 Å². The molecule has 3 rings (SSSR count). The van der Waals surface area contributed by atoms with E-state index >= 15 is 0 Å². The summed E-state index contributed by atoms with van der Waals surface area (Å²) in [5, 5.41) is 2.55. The molecule has 1 N–H and O–H groups in total. The van der Waals surface area contributed by atoms with Crippen molar-refractivity contribution in [2.75, 3.05) is 12.4 Å². The molecule has 24 heavy (non-hydrogen) atoms. The topological polar surface area (TPSA) is 55.4 Å². The van der Waals surface area contributed by atoms with Crippen molar-refractivity contribution >= 4 is 24.5 Å². The lowest BCUT2D eigenvalue weighted by atomic mass is 9.98. The highest BCUT2D eigenvalue weighted by Gasteiger charge is 2.29. The molecule has 0 radical (unpaired) electrons. The third-order valence-corrected chi connectivity index (χ3v) is 4.67. The van der Waals surface area contributed by atoms with Crippen molar-refractivity contribution in [3.8, 4) is 11.1 Å². The van der Waals surface area contributed by atoms with Gasteiger partial charge in [0, 0.05) is 11.7 Å². The highest BCUT2D eigenvalue weighted by atomic mass is 32.1. The molecule has 0 fully saturated rings. The molecule has 1 aliphatic rings. The molecule has 0 unspecified atom stereocenters. The van der Waals surface area contributed by atoms with Crippen LogP contribution in [0.5, 0.6) is 0 Å². The molecule has 5 heteroatoms. The molecule has 0 aromatic heterocycles. The number of thiol groups is 1. The highest BCUT2D eigenvalue weighted by Crippen LogP contribution is 2.44. The van der Waals surface area contributed by atoms with E-state index in [0.29, 0.717) is 0 Å². The number of Topliss-reactive ketones (excluding diaryl/α,β-unsaturated/α-hetero) is 1. The summed E-state index contributed by atoms with van der Waals surface area (Å²) in [5.74, 6) is 0.118. The lowest BCUT2D eigenvalue weighted by Crippen LogP contribution is -2.41. The smallest absolute Gasteiger partial charge is 0.407 e. The average molecular weight is 341 g/mol. The molecule has 0 saturated carbocycles. The van der Waals surface area contributed by atoms with E-state index < -0.39 is 12.1 Å². The minimum Gasteiger partial charge on any atom is -0.449 e. The van der Waals surface area contributed by atoms with Crippen molar-refractivity contribution in [2.45, 2.75) is 18.9 Å². The van der Waals surface area contributed by atoms with Crippen LogP contribution in [0, 0.1) is 0 Å². The van der Waals surface area contributed by atoms with Crippen LogP contribution in [-0.4, -0.2) is 30.3 Å². The lowest BCUT2D eigenvalue weighted by Gasteiger charge is -2.17. The van der Waals surface area contributed by atoms with Gasteiger partial charge in [-0.15, -0.1) is 0 Å². The van der Waals surface area contributed by atoms with Crippen LogP contribution < -0.4 is 5.32 Å². The van der Waals surface area contributed by atoms with Crippen LogP contribution in [0.3, 0.4) is 0 Å². The fourth-order valence-electron chi connectivity index (χ4n) is 3.06. The molecule has 0 aliphatic heterocycles. The molecule has 0 spiro atoms. The van der Waals surface area contributed by atoms with Crippen LogP contribution in [0.2, 0.25) is 0 Å². The predicted octanol–water partition coefficient (Wildman–Crippen LogP) is 3.41. The first kappa shape index (κ1) is 16.6. The van der Waals surface area contributed by atoms with Gasteiger partial charge < -0.3 is 10.1 Å². The third-order valence-electron chi connectivity index (χ3n) is 4.31. The van der Waals surface area contributed by atoms with Gasteiger partial charge in [-0.3, -0.25) is 4.79 Å². The van der Waals surface area contributed by atoms with E-state index in [1.54, 1.807) is 0 Å². The Morgan fingerprint density at radius 1 is 1.08 bits per heavy atom. The van der Waals surface area contributed by atoms with Crippen molar-refractivity contribution in [3.63, 3.8) is 0 Å². The minimum atomic E-state index is -0.621. The summed E-state index contributed by atoms with van der Waals surface area (Å²) in [6.45, 7) is 1.65. The molecular formula is C19H19NO3S. The van der Waals surface area contributed by atoms with Crippen LogP contribution in [0.25, 0.3) is 11.1 Å². The molecule has 1 aliphatic carbocycles. The van der Waals surface area contributed by atoms with Crippen molar-refractivity contribution in [3.05, 3.63) is 59.7 Å². The highest BCUT2D eigenvalue weighted by molar-refractivity contribution is 7.80. The van der Waals surface area contributed by atoms with E-state index in [9.17, 15) is 9.59 Å². The summed E-state index contributed by atoms with van der Waals surface area (Å²) in [7, 11) is 0. The number of alkyl carbamates (subject to hydrolysis) is 1. The largest absolute Gasteiger partial charge is 0.449 e. The Hall–Kier alpha value is -2.27. The number of ketones is 1. The van der Waals surface area contributed by atoms with Gasteiger partial charge in [-0.05, 0) is 29.2 Å². The van der Waals surface area contributed by atoms with Gasteiger partial charge in [0.1, 0.15) is 6.61 Å². The normalized spacial score (nSPS) is 13.8. The molecule has 0 bridgehead atoms. The van der Waals surface area contributed by atoms with Gasteiger partial charge in [-0.1, -0.05) is 48.5 Å². The summed E-state index contributed by atoms with van der Waals surface area (Å²) in [6.07, 6.45) is -0.592. The maximum atomic E-state index is 12.0. The van der Waals surface area contributed by atoms with Crippen molar-refractivity contribution in [1.29, 1.82) is 0 Å². The number of hydrogen-bond donors (Lipinski definition) is 2. The van der Waals surface area contributed by atoms with E-state index in [-0.39, 0.29) is 24.1 Å². The number of amides is 1. The second kappa shape index (κ2) is 7.09. The van der Waals surface area contributed by atoms with Gasteiger partial charge in [0.2, 0.25) is 0 Å². The number of rotatable bonds is 5. The zero-order valence-corrected chi connectivity index (χ0v) is 14.3.